The van der Waals surface area contributed by atoms with Crippen LogP contribution in [-0.2, 0) is 9.47 Å². The third kappa shape index (κ3) is 15.8. The Kier molecular flexibility index (Phi) is 16.3. The third-order valence-corrected chi connectivity index (χ3v) is 5.78. The number of carbonyl (C=O) groups is 2. The zero-order chi connectivity index (χ0) is 25.1. The molecule has 0 N–H and O–H groups in total. The number of hydrogen-bond donors (Lipinski definition) is 0. The van der Waals surface area contributed by atoms with Crippen LogP contribution in [0, 0.1) is 5.41 Å². The fraction of sp³-hybridized carbons (Fsp3) is 0.759. The number of pyridine rings is 1. The molecule has 0 fully saturated rings. The van der Waals surface area contributed by atoms with Crippen molar-refractivity contribution in [2.45, 2.75) is 124 Å². The van der Waals surface area contributed by atoms with Crippen molar-refractivity contribution in [1.29, 1.82) is 0 Å². The summed E-state index contributed by atoms with van der Waals surface area (Å²) in [4.78, 5) is 28.5. The van der Waals surface area contributed by atoms with Gasteiger partial charge < -0.3 is 9.47 Å². The lowest BCUT2D eigenvalue weighted by molar-refractivity contribution is 0.0359. The minimum Gasteiger partial charge on any atom is -0.461 e. The molecule has 0 radical (unpaired) electrons. The van der Waals surface area contributed by atoms with Gasteiger partial charge in [0.05, 0.1) is 13.2 Å². The van der Waals surface area contributed by atoms with Crippen molar-refractivity contribution in [3.63, 3.8) is 0 Å². The number of aromatic nitrogens is 1. The van der Waals surface area contributed by atoms with Crippen LogP contribution in [0.4, 0.5) is 0 Å². The molecule has 194 valence electrons. The van der Waals surface area contributed by atoms with E-state index in [1.54, 1.807) is 18.2 Å². The Labute approximate surface area is 208 Å². The molecule has 1 rings (SSSR count). The number of hydrogen-bond acceptors (Lipinski definition) is 5. The highest BCUT2D eigenvalue weighted by Crippen LogP contribution is 2.15. The summed E-state index contributed by atoms with van der Waals surface area (Å²) < 4.78 is 10.6. The summed E-state index contributed by atoms with van der Waals surface area (Å²) in [5.74, 6) is -1.01. The van der Waals surface area contributed by atoms with E-state index in [-0.39, 0.29) is 16.8 Å². The maximum absolute atomic E-state index is 12.2. The Morgan fingerprint density at radius 2 is 1.09 bits per heavy atom. The summed E-state index contributed by atoms with van der Waals surface area (Å²) in [6.07, 6.45) is 19.5. The second-order valence-corrected chi connectivity index (χ2v) is 10.6. The van der Waals surface area contributed by atoms with Gasteiger partial charge in [0.25, 0.3) is 0 Å². The minimum absolute atomic E-state index is 0.126. The van der Waals surface area contributed by atoms with Crippen molar-refractivity contribution in [3.8, 4) is 0 Å². The molecule has 34 heavy (non-hydrogen) atoms. The minimum atomic E-state index is -0.521. The molecule has 5 heteroatoms. The molecule has 0 aliphatic heterocycles. The van der Waals surface area contributed by atoms with E-state index in [9.17, 15) is 9.59 Å². The van der Waals surface area contributed by atoms with Gasteiger partial charge in [-0.3, -0.25) is 0 Å². The lowest BCUT2D eigenvalue weighted by Gasteiger charge is -2.17. The van der Waals surface area contributed by atoms with Gasteiger partial charge in [0, 0.05) is 0 Å². The van der Waals surface area contributed by atoms with Gasteiger partial charge in [0.2, 0.25) is 0 Å². The van der Waals surface area contributed by atoms with E-state index in [0.29, 0.717) is 13.2 Å². The zero-order valence-electron chi connectivity index (χ0n) is 22.3. The van der Waals surface area contributed by atoms with Crippen molar-refractivity contribution in [2.75, 3.05) is 13.2 Å². The van der Waals surface area contributed by atoms with Crippen LogP contribution in [0.1, 0.15) is 145 Å². The molecule has 0 saturated carbocycles. The van der Waals surface area contributed by atoms with Crippen molar-refractivity contribution < 1.29 is 19.1 Å². The number of unbranched alkanes of at least 4 members (excludes halogenated alkanes) is 14. The van der Waals surface area contributed by atoms with Crippen molar-refractivity contribution in [2.24, 2.45) is 5.41 Å². The van der Waals surface area contributed by atoms with Gasteiger partial charge in [-0.1, -0.05) is 124 Å². The van der Waals surface area contributed by atoms with E-state index in [2.05, 4.69) is 11.9 Å². The normalized spacial score (nSPS) is 11.4. The largest absolute Gasteiger partial charge is 0.461 e. The van der Waals surface area contributed by atoms with Crippen molar-refractivity contribution >= 4 is 11.9 Å². The lowest BCUT2D eigenvalue weighted by Crippen LogP contribution is -2.19. The molecule has 5 nitrogen and oxygen atoms in total. The van der Waals surface area contributed by atoms with E-state index >= 15 is 0 Å². The highest BCUT2D eigenvalue weighted by atomic mass is 16.5. The summed E-state index contributed by atoms with van der Waals surface area (Å²) in [6.45, 7) is 8.90. The SMILES string of the molecule is CCCCCCCCCCCCCCCCCOC(=O)c1cccc(C(=O)OCC(C)(C)C)n1. The molecule has 0 atom stereocenters. The molecule has 0 aliphatic rings. The Morgan fingerprint density at radius 3 is 1.53 bits per heavy atom. The predicted octanol–water partition coefficient (Wildman–Crippen LogP) is 8.31. The van der Waals surface area contributed by atoms with E-state index in [1.807, 2.05) is 20.8 Å². The van der Waals surface area contributed by atoms with Gasteiger partial charge in [0.15, 0.2) is 0 Å². The summed E-state index contributed by atoms with van der Waals surface area (Å²) >= 11 is 0. The average molecular weight is 476 g/mol. The third-order valence-electron chi connectivity index (χ3n) is 5.78. The Morgan fingerprint density at radius 1 is 0.676 bits per heavy atom. The Balaban J connectivity index is 2.04. The second kappa shape index (κ2) is 18.4. The fourth-order valence-electron chi connectivity index (χ4n) is 3.73. The van der Waals surface area contributed by atoms with Crippen LogP contribution < -0.4 is 0 Å². The predicted molar refractivity (Wildman–Crippen MR) is 139 cm³/mol. The molecule has 0 aromatic carbocycles. The van der Waals surface area contributed by atoms with Gasteiger partial charge in [0.1, 0.15) is 11.4 Å². The molecule has 0 aliphatic carbocycles. The topological polar surface area (TPSA) is 65.5 Å². The zero-order valence-corrected chi connectivity index (χ0v) is 22.3. The van der Waals surface area contributed by atoms with E-state index in [1.165, 1.54) is 83.5 Å². The number of rotatable bonds is 19. The lowest BCUT2D eigenvalue weighted by atomic mass is 9.99. The molecule has 1 aromatic rings. The molecule has 1 heterocycles. The molecule has 0 bridgehead atoms. The van der Waals surface area contributed by atoms with Crippen molar-refractivity contribution in [3.05, 3.63) is 29.6 Å². The van der Waals surface area contributed by atoms with Crippen LogP contribution in [0.3, 0.4) is 0 Å². The summed E-state index contributed by atoms with van der Waals surface area (Å²) in [5.41, 5.74) is 0.149. The maximum atomic E-state index is 12.2. The van der Waals surface area contributed by atoms with Gasteiger partial charge in [-0.25, -0.2) is 14.6 Å². The average Bonchev–Trinajstić information content (AvgIpc) is 2.81. The molecular weight excluding hydrogens is 426 g/mol. The number of carbonyl (C=O) groups excluding carboxylic acids is 2. The van der Waals surface area contributed by atoms with Crippen molar-refractivity contribution in [1.82, 2.24) is 4.98 Å². The number of esters is 2. The Hall–Kier alpha value is -1.91. The quantitative estimate of drug-likeness (QED) is 0.149. The first-order valence-corrected chi connectivity index (χ1v) is 13.6. The molecular formula is C29H49NO4. The van der Waals surface area contributed by atoms with Crippen LogP contribution in [0.2, 0.25) is 0 Å². The number of nitrogens with zero attached hydrogens (tertiary/aromatic N) is 1. The van der Waals surface area contributed by atoms with Gasteiger partial charge in [-0.05, 0) is 24.0 Å². The first-order chi connectivity index (χ1) is 16.3. The van der Waals surface area contributed by atoms with Crippen LogP contribution in [0.5, 0.6) is 0 Å². The molecule has 0 saturated heterocycles. The highest BCUT2D eigenvalue weighted by Gasteiger charge is 2.18. The van der Waals surface area contributed by atoms with Gasteiger partial charge in [-0.15, -0.1) is 0 Å². The first-order valence-electron chi connectivity index (χ1n) is 13.6. The summed E-state index contributed by atoms with van der Waals surface area (Å²) in [6, 6.07) is 4.75. The maximum Gasteiger partial charge on any atom is 0.356 e. The summed E-state index contributed by atoms with van der Waals surface area (Å²) in [7, 11) is 0. The van der Waals surface area contributed by atoms with Gasteiger partial charge in [-0.2, -0.15) is 0 Å². The summed E-state index contributed by atoms with van der Waals surface area (Å²) in [5, 5.41) is 0. The van der Waals surface area contributed by atoms with Crippen LogP contribution >= 0.6 is 0 Å². The smallest absolute Gasteiger partial charge is 0.356 e. The van der Waals surface area contributed by atoms with E-state index in [4.69, 9.17) is 9.47 Å². The molecule has 0 amide bonds. The number of ether oxygens (including phenoxy) is 2. The Bertz CT molecular complexity index is 681. The van der Waals surface area contributed by atoms with Crippen LogP contribution in [-0.4, -0.2) is 30.1 Å². The van der Waals surface area contributed by atoms with Crippen LogP contribution in [0.25, 0.3) is 0 Å². The van der Waals surface area contributed by atoms with Gasteiger partial charge >= 0.3 is 11.9 Å². The van der Waals surface area contributed by atoms with E-state index < -0.39 is 11.9 Å². The van der Waals surface area contributed by atoms with E-state index in [0.717, 1.165) is 12.8 Å². The first kappa shape index (κ1) is 30.1. The molecule has 1 aromatic heterocycles. The fourth-order valence-corrected chi connectivity index (χ4v) is 3.73. The van der Waals surface area contributed by atoms with Crippen LogP contribution in [0.15, 0.2) is 18.2 Å². The molecule has 0 unspecified atom stereocenters. The monoisotopic (exact) mass is 475 g/mol. The molecule has 0 spiro atoms. The second-order valence-electron chi connectivity index (χ2n) is 10.6. The highest BCUT2D eigenvalue weighted by molar-refractivity contribution is 5.91. The standard InChI is InChI=1S/C29H49NO4/c1-5-6-7-8-9-10-11-12-13-14-15-16-17-18-19-23-33-27(31)25-21-20-22-26(30-25)28(32)34-24-29(2,3)4/h20-22H,5-19,23-24H2,1-4H3.